The monoisotopic (exact) mass is 259 g/mol. The molecular weight excluding hydrogens is 248 g/mol. The Balaban J connectivity index is 2.34. The van der Waals surface area contributed by atoms with Crippen LogP contribution in [-0.4, -0.2) is 5.91 Å². The van der Waals surface area contributed by atoms with Crippen molar-refractivity contribution >= 4 is 17.7 Å². The van der Waals surface area contributed by atoms with E-state index in [1.165, 1.54) is 12.1 Å². The zero-order valence-corrected chi connectivity index (χ0v) is 9.99. The summed E-state index contributed by atoms with van der Waals surface area (Å²) in [6, 6.07) is 10.1. The number of anilines is 1. The SMILES string of the molecule is C=Cc1ccccc1C(=O)Nc1c(F)cccc1F. The smallest absolute Gasteiger partial charge is 0.256 e. The van der Waals surface area contributed by atoms with Gasteiger partial charge in [0.1, 0.15) is 17.3 Å². The summed E-state index contributed by atoms with van der Waals surface area (Å²) >= 11 is 0. The maximum atomic E-state index is 13.4. The van der Waals surface area contributed by atoms with Crippen molar-refractivity contribution in [3.63, 3.8) is 0 Å². The molecule has 1 amide bonds. The Hall–Kier alpha value is -2.49. The van der Waals surface area contributed by atoms with Gasteiger partial charge >= 0.3 is 0 Å². The fraction of sp³-hybridized carbons (Fsp3) is 0. The molecule has 0 heterocycles. The molecule has 2 aromatic rings. The van der Waals surface area contributed by atoms with Crippen molar-refractivity contribution in [2.75, 3.05) is 5.32 Å². The van der Waals surface area contributed by atoms with E-state index in [0.29, 0.717) is 11.1 Å². The highest BCUT2D eigenvalue weighted by Crippen LogP contribution is 2.20. The highest BCUT2D eigenvalue weighted by Gasteiger charge is 2.14. The van der Waals surface area contributed by atoms with E-state index in [9.17, 15) is 13.6 Å². The van der Waals surface area contributed by atoms with Gasteiger partial charge < -0.3 is 5.32 Å². The van der Waals surface area contributed by atoms with Crippen LogP contribution in [0.15, 0.2) is 49.0 Å². The molecule has 0 aliphatic rings. The third kappa shape index (κ3) is 2.68. The molecule has 0 aliphatic carbocycles. The van der Waals surface area contributed by atoms with Gasteiger partial charge in [-0.05, 0) is 23.8 Å². The Morgan fingerprint density at radius 2 is 1.68 bits per heavy atom. The third-order valence-corrected chi connectivity index (χ3v) is 2.63. The number of hydrogen-bond acceptors (Lipinski definition) is 1. The zero-order valence-electron chi connectivity index (χ0n) is 9.99. The van der Waals surface area contributed by atoms with E-state index in [1.807, 2.05) is 0 Å². The number of hydrogen-bond donors (Lipinski definition) is 1. The second-order valence-corrected chi connectivity index (χ2v) is 3.84. The first kappa shape index (κ1) is 13.0. The van der Waals surface area contributed by atoms with E-state index in [1.54, 1.807) is 24.3 Å². The summed E-state index contributed by atoms with van der Waals surface area (Å²) in [4.78, 5) is 12.0. The summed E-state index contributed by atoms with van der Waals surface area (Å²) in [5.41, 5.74) is 0.447. The highest BCUT2D eigenvalue weighted by atomic mass is 19.1. The van der Waals surface area contributed by atoms with Crippen molar-refractivity contribution in [2.24, 2.45) is 0 Å². The van der Waals surface area contributed by atoms with Gasteiger partial charge in [-0.1, -0.05) is 36.9 Å². The van der Waals surface area contributed by atoms with Gasteiger partial charge in [0.05, 0.1) is 0 Å². The topological polar surface area (TPSA) is 29.1 Å². The van der Waals surface area contributed by atoms with Crippen LogP contribution in [-0.2, 0) is 0 Å². The molecule has 19 heavy (non-hydrogen) atoms. The quantitative estimate of drug-likeness (QED) is 0.891. The van der Waals surface area contributed by atoms with Crippen LogP contribution < -0.4 is 5.32 Å². The van der Waals surface area contributed by atoms with Gasteiger partial charge in [0.2, 0.25) is 0 Å². The van der Waals surface area contributed by atoms with Gasteiger partial charge in [0.15, 0.2) is 0 Å². The predicted octanol–water partition coefficient (Wildman–Crippen LogP) is 3.86. The lowest BCUT2D eigenvalue weighted by atomic mass is 10.1. The molecule has 0 fully saturated rings. The van der Waals surface area contributed by atoms with Gasteiger partial charge in [0.25, 0.3) is 5.91 Å². The van der Waals surface area contributed by atoms with E-state index in [4.69, 9.17) is 0 Å². The van der Waals surface area contributed by atoms with E-state index < -0.39 is 23.2 Å². The predicted molar refractivity (Wildman–Crippen MR) is 70.8 cm³/mol. The van der Waals surface area contributed by atoms with Crippen LogP contribution >= 0.6 is 0 Å². The molecule has 0 saturated carbocycles. The maximum Gasteiger partial charge on any atom is 0.256 e. The molecule has 0 atom stereocenters. The van der Waals surface area contributed by atoms with Crippen LogP contribution in [0.1, 0.15) is 15.9 Å². The summed E-state index contributed by atoms with van der Waals surface area (Å²) in [5, 5.41) is 2.23. The van der Waals surface area contributed by atoms with Crippen molar-refractivity contribution in [1.82, 2.24) is 0 Å². The van der Waals surface area contributed by atoms with Crippen LogP contribution in [0.4, 0.5) is 14.5 Å². The minimum Gasteiger partial charge on any atom is -0.317 e. The Morgan fingerprint density at radius 1 is 1.05 bits per heavy atom. The summed E-state index contributed by atoms with van der Waals surface area (Å²) < 4.78 is 26.9. The number of carbonyl (C=O) groups excluding carboxylic acids is 1. The Labute approximate surface area is 109 Å². The molecule has 96 valence electrons. The van der Waals surface area contributed by atoms with Crippen molar-refractivity contribution < 1.29 is 13.6 Å². The zero-order chi connectivity index (χ0) is 13.8. The minimum absolute atomic E-state index is 0.306. The lowest BCUT2D eigenvalue weighted by molar-refractivity contribution is 0.102. The Kier molecular flexibility index (Phi) is 3.71. The van der Waals surface area contributed by atoms with Gasteiger partial charge in [-0.2, -0.15) is 0 Å². The number of amides is 1. The molecule has 0 unspecified atom stereocenters. The molecule has 0 bridgehead atoms. The Morgan fingerprint density at radius 3 is 2.32 bits per heavy atom. The lowest BCUT2D eigenvalue weighted by Gasteiger charge is -2.09. The van der Waals surface area contributed by atoms with Crippen molar-refractivity contribution in [1.29, 1.82) is 0 Å². The van der Waals surface area contributed by atoms with Crippen LogP contribution in [0.5, 0.6) is 0 Å². The summed E-state index contributed by atoms with van der Waals surface area (Å²) in [6.07, 6.45) is 1.51. The fourth-order valence-electron chi connectivity index (χ4n) is 1.68. The first-order valence-corrected chi connectivity index (χ1v) is 5.60. The molecular formula is C15H11F2NO. The summed E-state index contributed by atoms with van der Waals surface area (Å²) in [7, 11) is 0. The number of para-hydroxylation sites is 1. The first-order valence-electron chi connectivity index (χ1n) is 5.60. The van der Waals surface area contributed by atoms with Crippen molar-refractivity contribution in [3.05, 3.63) is 71.8 Å². The molecule has 0 spiro atoms. The van der Waals surface area contributed by atoms with Gasteiger partial charge in [-0.25, -0.2) is 8.78 Å². The van der Waals surface area contributed by atoms with E-state index in [2.05, 4.69) is 11.9 Å². The molecule has 2 rings (SSSR count). The largest absolute Gasteiger partial charge is 0.317 e. The number of halogens is 2. The highest BCUT2D eigenvalue weighted by molar-refractivity contribution is 6.06. The van der Waals surface area contributed by atoms with Crippen LogP contribution in [0.3, 0.4) is 0 Å². The molecule has 0 aromatic heterocycles. The Bertz CT molecular complexity index is 618. The van der Waals surface area contributed by atoms with Gasteiger partial charge in [-0.3, -0.25) is 4.79 Å². The standard InChI is InChI=1S/C15H11F2NO/c1-2-10-6-3-4-7-11(10)15(19)18-14-12(16)8-5-9-13(14)17/h2-9H,1H2,(H,18,19). The van der Waals surface area contributed by atoms with Crippen molar-refractivity contribution in [2.45, 2.75) is 0 Å². The molecule has 0 radical (unpaired) electrons. The molecule has 4 heteroatoms. The third-order valence-electron chi connectivity index (χ3n) is 2.63. The minimum atomic E-state index is -0.815. The van der Waals surface area contributed by atoms with Crippen LogP contribution in [0, 0.1) is 11.6 Å². The molecule has 0 aliphatic heterocycles. The molecule has 2 aromatic carbocycles. The van der Waals surface area contributed by atoms with E-state index in [-0.39, 0.29) is 0 Å². The molecule has 1 N–H and O–H groups in total. The average molecular weight is 259 g/mol. The fourth-order valence-corrected chi connectivity index (χ4v) is 1.68. The molecule has 2 nitrogen and oxygen atoms in total. The normalized spacial score (nSPS) is 10.0. The van der Waals surface area contributed by atoms with Gasteiger partial charge in [-0.15, -0.1) is 0 Å². The number of rotatable bonds is 3. The number of nitrogens with one attached hydrogen (secondary N) is 1. The first-order chi connectivity index (χ1) is 9.13. The van der Waals surface area contributed by atoms with E-state index >= 15 is 0 Å². The van der Waals surface area contributed by atoms with Crippen LogP contribution in [0.25, 0.3) is 6.08 Å². The van der Waals surface area contributed by atoms with Crippen molar-refractivity contribution in [3.8, 4) is 0 Å². The van der Waals surface area contributed by atoms with Gasteiger partial charge in [0, 0.05) is 5.56 Å². The number of benzene rings is 2. The second-order valence-electron chi connectivity index (χ2n) is 3.84. The second kappa shape index (κ2) is 5.44. The molecule has 0 saturated heterocycles. The van der Waals surface area contributed by atoms with Crippen LogP contribution in [0.2, 0.25) is 0 Å². The number of carbonyl (C=O) groups is 1. The maximum absolute atomic E-state index is 13.4. The summed E-state index contributed by atoms with van der Waals surface area (Å²) in [6.45, 7) is 3.59. The summed E-state index contributed by atoms with van der Waals surface area (Å²) in [5.74, 6) is -2.21. The lowest BCUT2D eigenvalue weighted by Crippen LogP contribution is -2.15. The van der Waals surface area contributed by atoms with E-state index in [0.717, 1.165) is 12.1 Å². The average Bonchev–Trinajstić information content (AvgIpc) is 2.42.